The van der Waals surface area contributed by atoms with Gasteiger partial charge in [-0.3, -0.25) is 10.1 Å². The van der Waals surface area contributed by atoms with Crippen LogP contribution in [0, 0.1) is 10.1 Å². The quantitative estimate of drug-likeness (QED) is 0.661. The van der Waals surface area contributed by atoms with Crippen LogP contribution < -0.4 is 10.1 Å². The van der Waals surface area contributed by atoms with Crippen LogP contribution in [0.1, 0.15) is 0 Å². The standard InChI is InChI=1S/C13H12N2O3/c1-18-13-9-11(15(16)17)7-8-12(13)14-10-5-3-2-4-6-10/h2-9,14H,1H3. The van der Waals surface area contributed by atoms with Gasteiger partial charge >= 0.3 is 0 Å². The smallest absolute Gasteiger partial charge is 0.273 e. The Bertz CT molecular complexity index is 555. The summed E-state index contributed by atoms with van der Waals surface area (Å²) >= 11 is 0. The summed E-state index contributed by atoms with van der Waals surface area (Å²) in [7, 11) is 1.48. The fourth-order valence-electron chi connectivity index (χ4n) is 1.57. The molecular formula is C13H12N2O3. The van der Waals surface area contributed by atoms with Crippen molar-refractivity contribution in [2.24, 2.45) is 0 Å². The fraction of sp³-hybridized carbons (Fsp3) is 0.0769. The Balaban J connectivity index is 2.31. The Morgan fingerprint density at radius 2 is 1.89 bits per heavy atom. The molecule has 0 aliphatic rings. The summed E-state index contributed by atoms with van der Waals surface area (Å²) in [5.74, 6) is 0.438. The zero-order valence-corrected chi connectivity index (χ0v) is 9.79. The molecule has 0 amide bonds. The van der Waals surface area contributed by atoms with E-state index in [1.807, 2.05) is 30.3 Å². The molecule has 0 heterocycles. The normalized spacial score (nSPS) is 9.83. The minimum Gasteiger partial charge on any atom is -0.494 e. The first-order valence-electron chi connectivity index (χ1n) is 5.35. The van der Waals surface area contributed by atoms with Crippen LogP contribution >= 0.6 is 0 Å². The maximum absolute atomic E-state index is 10.7. The lowest BCUT2D eigenvalue weighted by Gasteiger charge is -2.10. The van der Waals surface area contributed by atoms with Crippen molar-refractivity contribution >= 4 is 17.1 Å². The molecule has 18 heavy (non-hydrogen) atoms. The van der Waals surface area contributed by atoms with Crippen LogP contribution in [0.15, 0.2) is 48.5 Å². The summed E-state index contributed by atoms with van der Waals surface area (Å²) in [5, 5.41) is 13.8. The second-order valence-electron chi connectivity index (χ2n) is 3.63. The number of benzene rings is 2. The molecular weight excluding hydrogens is 232 g/mol. The number of nitro benzene ring substituents is 1. The summed E-state index contributed by atoms with van der Waals surface area (Å²) < 4.78 is 5.14. The average Bonchev–Trinajstić information content (AvgIpc) is 2.40. The molecule has 2 rings (SSSR count). The number of nitro groups is 1. The molecule has 5 nitrogen and oxygen atoms in total. The van der Waals surface area contributed by atoms with Crippen molar-refractivity contribution in [1.82, 2.24) is 0 Å². The van der Waals surface area contributed by atoms with Crippen molar-refractivity contribution in [2.45, 2.75) is 0 Å². The zero-order valence-electron chi connectivity index (χ0n) is 9.79. The molecule has 0 aromatic heterocycles. The van der Waals surface area contributed by atoms with E-state index in [1.165, 1.54) is 19.2 Å². The van der Waals surface area contributed by atoms with Gasteiger partial charge in [0, 0.05) is 11.8 Å². The molecule has 92 valence electrons. The Morgan fingerprint density at radius 3 is 2.50 bits per heavy atom. The van der Waals surface area contributed by atoms with Crippen molar-refractivity contribution in [3.8, 4) is 5.75 Å². The zero-order chi connectivity index (χ0) is 13.0. The maximum atomic E-state index is 10.7. The summed E-state index contributed by atoms with van der Waals surface area (Å²) in [6.45, 7) is 0. The van der Waals surface area contributed by atoms with E-state index in [4.69, 9.17) is 4.74 Å². The topological polar surface area (TPSA) is 64.4 Å². The number of rotatable bonds is 4. The minimum absolute atomic E-state index is 0.00506. The third-order valence-corrected chi connectivity index (χ3v) is 2.45. The first kappa shape index (κ1) is 11.9. The van der Waals surface area contributed by atoms with Crippen LogP contribution in [-0.2, 0) is 0 Å². The molecule has 1 N–H and O–H groups in total. The van der Waals surface area contributed by atoms with Gasteiger partial charge in [-0.25, -0.2) is 0 Å². The van der Waals surface area contributed by atoms with Gasteiger partial charge in [-0.05, 0) is 18.2 Å². The first-order valence-corrected chi connectivity index (χ1v) is 5.35. The van der Waals surface area contributed by atoms with Gasteiger partial charge in [0.25, 0.3) is 5.69 Å². The third-order valence-electron chi connectivity index (χ3n) is 2.45. The molecule has 0 aliphatic carbocycles. The van der Waals surface area contributed by atoms with Gasteiger partial charge in [0.1, 0.15) is 5.75 Å². The lowest BCUT2D eigenvalue weighted by molar-refractivity contribution is -0.384. The minimum atomic E-state index is -0.450. The predicted molar refractivity (Wildman–Crippen MR) is 69.4 cm³/mol. The van der Waals surface area contributed by atoms with E-state index in [1.54, 1.807) is 6.07 Å². The predicted octanol–water partition coefficient (Wildman–Crippen LogP) is 3.35. The lowest BCUT2D eigenvalue weighted by atomic mass is 10.2. The van der Waals surface area contributed by atoms with E-state index < -0.39 is 4.92 Å². The Labute approximate surface area is 104 Å². The number of nitrogens with zero attached hydrogens (tertiary/aromatic N) is 1. The van der Waals surface area contributed by atoms with Gasteiger partial charge in [-0.2, -0.15) is 0 Å². The van der Waals surface area contributed by atoms with E-state index in [0.717, 1.165) is 5.69 Å². The van der Waals surface area contributed by atoms with Crippen molar-refractivity contribution in [2.75, 3.05) is 12.4 Å². The molecule has 0 fully saturated rings. The molecule has 0 unspecified atom stereocenters. The SMILES string of the molecule is COc1cc([N+](=O)[O-])ccc1Nc1ccccc1. The van der Waals surface area contributed by atoms with E-state index in [0.29, 0.717) is 11.4 Å². The van der Waals surface area contributed by atoms with Gasteiger partial charge in [-0.15, -0.1) is 0 Å². The molecule has 0 radical (unpaired) electrons. The van der Waals surface area contributed by atoms with Crippen LogP contribution in [-0.4, -0.2) is 12.0 Å². The Morgan fingerprint density at radius 1 is 1.17 bits per heavy atom. The highest BCUT2D eigenvalue weighted by molar-refractivity contribution is 5.68. The third kappa shape index (κ3) is 2.57. The highest BCUT2D eigenvalue weighted by Gasteiger charge is 2.11. The van der Waals surface area contributed by atoms with Crippen molar-refractivity contribution in [3.63, 3.8) is 0 Å². The van der Waals surface area contributed by atoms with Gasteiger partial charge < -0.3 is 10.1 Å². The number of non-ortho nitro benzene ring substituents is 1. The molecule has 0 spiro atoms. The van der Waals surface area contributed by atoms with Crippen molar-refractivity contribution in [3.05, 3.63) is 58.6 Å². The number of methoxy groups -OCH3 is 1. The summed E-state index contributed by atoms with van der Waals surface area (Å²) in [4.78, 5) is 10.2. The monoisotopic (exact) mass is 244 g/mol. The second kappa shape index (κ2) is 5.18. The van der Waals surface area contributed by atoms with Gasteiger partial charge in [-0.1, -0.05) is 18.2 Å². The second-order valence-corrected chi connectivity index (χ2v) is 3.63. The lowest BCUT2D eigenvalue weighted by Crippen LogP contribution is -1.96. The van der Waals surface area contributed by atoms with Crippen LogP contribution in [0.4, 0.5) is 17.1 Å². The summed E-state index contributed by atoms with van der Waals surface area (Å²) in [6, 6.07) is 14.0. The fourth-order valence-corrected chi connectivity index (χ4v) is 1.57. The largest absolute Gasteiger partial charge is 0.494 e. The first-order chi connectivity index (χ1) is 8.70. The highest BCUT2D eigenvalue weighted by Crippen LogP contribution is 2.31. The Kier molecular flexibility index (Phi) is 3.43. The van der Waals surface area contributed by atoms with Gasteiger partial charge in [0.2, 0.25) is 0 Å². The molecule has 0 saturated heterocycles. The van der Waals surface area contributed by atoms with E-state index in [2.05, 4.69) is 5.32 Å². The molecule has 0 aliphatic heterocycles. The van der Waals surface area contributed by atoms with Crippen LogP contribution in [0.2, 0.25) is 0 Å². The van der Waals surface area contributed by atoms with Gasteiger partial charge in [0.15, 0.2) is 0 Å². The number of anilines is 2. The molecule has 2 aromatic carbocycles. The van der Waals surface area contributed by atoms with Crippen molar-refractivity contribution in [1.29, 1.82) is 0 Å². The average molecular weight is 244 g/mol. The molecule has 0 atom stereocenters. The molecule has 0 bridgehead atoms. The van der Waals surface area contributed by atoms with E-state index >= 15 is 0 Å². The van der Waals surface area contributed by atoms with Gasteiger partial charge in [0.05, 0.1) is 23.8 Å². The number of para-hydroxylation sites is 1. The number of nitrogens with one attached hydrogen (secondary N) is 1. The van der Waals surface area contributed by atoms with E-state index in [9.17, 15) is 10.1 Å². The van der Waals surface area contributed by atoms with Crippen molar-refractivity contribution < 1.29 is 9.66 Å². The Hall–Kier alpha value is -2.56. The van der Waals surface area contributed by atoms with Crippen LogP contribution in [0.25, 0.3) is 0 Å². The number of hydrogen-bond acceptors (Lipinski definition) is 4. The molecule has 5 heteroatoms. The molecule has 0 saturated carbocycles. The van der Waals surface area contributed by atoms with E-state index in [-0.39, 0.29) is 5.69 Å². The summed E-state index contributed by atoms with van der Waals surface area (Å²) in [6.07, 6.45) is 0. The number of hydrogen-bond donors (Lipinski definition) is 1. The number of ether oxygens (including phenoxy) is 1. The van der Waals surface area contributed by atoms with Crippen LogP contribution in [0.3, 0.4) is 0 Å². The maximum Gasteiger partial charge on any atom is 0.273 e. The highest BCUT2D eigenvalue weighted by atomic mass is 16.6. The molecule has 2 aromatic rings. The van der Waals surface area contributed by atoms with Crippen LogP contribution in [0.5, 0.6) is 5.75 Å². The summed E-state index contributed by atoms with van der Waals surface area (Å²) in [5.41, 5.74) is 1.59.